The number of hydrogen-bond acceptors (Lipinski definition) is 4. The SMILES string of the molecule is NC(=O)c1cc[n+](COC[n+]2ccc(/C=N/O)c(F)c2)cc1. The molecule has 0 saturated heterocycles. The van der Waals surface area contributed by atoms with E-state index in [0.29, 0.717) is 5.56 Å². The van der Waals surface area contributed by atoms with Gasteiger partial charge < -0.3 is 10.9 Å². The third-order valence-corrected chi connectivity index (χ3v) is 2.85. The molecule has 2 rings (SSSR count). The number of carbonyl (C=O) groups is 1. The Hall–Kier alpha value is -2.87. The molecule has 3 N–H and O–H groups in total. The van der Waals surface area contributed by atoms with Gasteiger partial charge in [-0.2, -0.15) is 13.5 Å². The molecule has 0 atom stereocenters. The number of primary amides is 1. The maximum atomic E-state index is 13.6. The van der Waals surface area contributed by atoms with Gasteiger partial charge in [0.15, 0.2) is 24.4 Å². The number of carbonyl (C=O) groups excluding carboxylic acids is 1. The van der Waals surface area contributed by atoms with E-state index in [1.807, 2.05) is 0 Å². The first-order valence-electron chi connectivity index (χ1n) is 6.33. The number of hydrogen-bond donors (Lipinski definition) is 2. The van der Waals surface area contributed by atoms with E-state index in [2.05, 4.69) is 5.16 Å². The van der Waals surface area contributed by atoms with Crippen molar-refractivity contribution in [2.45, 2.75) is 13.5 Å². The van der Waals surface area contributed by atoms with E-state index in [1.165, 1.54) is 16.8 Å². The van der Waals surface area contributed by atoms with E-state index in [4.69, 9.17) is 15.7 Å². The van der Waals surface area contributed by atoms with Crippen molar-refractivity contribution in [2.24, 2.45) is 10.9 Å². The third-order valence-electron chi connectivity index (χ3n) is 2.85. The van der Waals surface area contributed by atoms with Gasteiger partial charge in [0.05, 0.1) is 11.8 Å². The summed E-state index contributed by atoms with van der Waals surface area (Å²) >= 11 is 0. The van der Waals surface area contributed by atoms with Crippen LogP contribution in [0.1, 0.15) is 15.9 Å². The van der Waals surface area contributed by atoms with Gasteiger partial charge >= 0.3 is 0 Å². The highest BCUT2D eigenvalue weighted by atomic mass is 19.1. The molecule has 0 aliphatic carbocycles. The van der Waals surface area contributed by atoms with Gasteiger partial charge in [0.2, 0.25) is 12.1 Å². The molecule has 2 aromatic rings. The molecule has 0 saturated carbocycles. The Kier molecular flexibility index (Phi) is 5.10. The second-order valence-electron chi connectivity index (χ2n) is 4.43. The fraction of sp³-hybridized carbons (Fsp3) is 0.143. The van der Waals surface area contributed by atoms with E-state index in [9.17, 15) is 9.18 Å². The molecule has 22 heavy (non-hydrogen) atoms. The Morgan fingerprint density at radius 2 is 1.91 bits per heavy atom. The Morgan fingerprint density at radius 1 is 1.27 bits per heavy atom. The summed E-state index contributed by atoms with van der Waals surface area (Å²) in [6.45, 7) is 0.367. The zero-order valence-corrected chi connectivity index (χ0v) is 11.6. The number of ether oxygens (including phenoxy) is 1. The highest BCUT2D eigenvalue weighted by molar-refractivity contribution is 5.92. The van der Waals surface area contributed by atoms with Crippen molar-refractivity contribution >= 4 is 12.1 Å². The summed E-state index contributed by atoms with van der Waals surface area (Å²) < 4.78 is 22.2. The molecule has 0 aromatic carbocycles. The van der Waals surface area contributed by atoms with Gasteiger partial charge in [-0.3, -0.25) is 9.53 Å². The van der Waals surface area contributed by atoms with E-state index in [0.717, 1.165) is 6.21 Å². The molecule has 0 spiro atoms. The Labute approximate surface area is 125 Å². The van der Waals surface area contributed by atoms with Crippen molar-refractivity contribution in [3.05, 3.63) is 59.9 Å². The molecule has 8 heteroatoms. The van der Waals surface area contributed by atoms with Gasteiger partial charge in [0, 0.05) is 23.8 Å². The lowest BCUT2D eigenvalue weighted by atomic mass is 10.2. The number of rotatable bonds is 6. The first kappa shape index (κ1) is 15.5. The summed E-state index contributed by atoms with van der Waals surface area (Å²) in [6.07, 6.45) is 7.16. The Morgan fingerprint density at radius 3 is 2.50 bits per heavy atom. The van der Waals surface area contributed by atoms with Gasteiger partial charge in [-0.15, -0.1) is 0 Å². The zero-order valence-electron chi connectivity index (χ0n) is 11.6. The van der Waals surface area contributed by atoms with Crippen LogP contribution in [0.4, 0.5) is 4.39 Å². The van der Waals surface area contributed by atoms with Crippen molar-refractivity contribution in [2.75, 3.05) is 0 Å². The van der Waals surface area contributed by atoms with Crippen LogP contribution in [-0.4, -0.2) is 17.3 Å². The van der Waals surface area contributed by atoms with E-state index >= 15 is 0 Å². The summed E-state index contributed by atoms with van der Waals surface area (Å²) in [5.41, 5.74) is 5.73. The number of amides is 1. The Balaban J connectivity index is 1.90. The minimum Gasteiger partial charge on any atom is -0.411 e. The average molecular weight is 306 g/mol. The zero-order chi connectivity index (χ0) is 15.9. The smallest absolute Gasteiger partial charge is 0.257 e. The minimum absolute atomic E-state index is 0.137. The van der Waals surface area contributed by atoms with Gasteiger partial charge in [0.1, 0.15) is 0 Å². The minimum atomic E-state index is -0.526. The summed E-state index contributed by atoms with van der Waals surface area (Å²) in [5, 5.41) is 11.2. The van der Waals surface area contributed by atoms with Crippen LogP contribution in [0.3, 0.4) is 0 Å². The average Bonchev–Trinajstić information content (AvgIpc) is 2.50. The number of nitrogens with zero attached hydrogens (tertiary/aromatic N) is 3. The second-order valence-corrected chi connectivity index (χ2v) is 4.43. The molecular weight excluding hydrogens is 291 g/mol. The quantitative estimate of drug-likeness (QED) is 0.339. The molecule has 2 aromatic heterocycles. The maximum Gasteiger partial charge on any atom is 0.257 e. The molecule has 0 unspecified atom stereocenters. The summed E-state index contributed by atoms with van der Waals surface area (Å²) in [7, 11) is 0. The molecule has 0 radical (unpaired) electrons. The van der Waals surface area contributed by atoms with Gasteiger partial charge in [-0.05, 0) is 0 Å². The second kappa shape index (κ2) is 7.23. The molecule has 2 heterocycles. The van der Waals surface area contributed by atoms with E-state index in [1.54, 1.807) is 35.3 Å². The molecular formula is C14H15FN4O3+2. The molecule has 0 aliphatic rings. The topological polar surface area (TPSA) is 92.7 Å². The van der Waals surface area contributed by atoms with Crippen LogP contribution in [0, 0.1) is 5.82 Å². The molecule has 1 amide bonds. The number of halogens is 1. The standard InChI is InChI=1S/C14H13FN4O3/c15-13-8-19(6-3-12(13)7-17-21)10-22-9-18-4-1-11(2-5-18)14(16)20/h1-8H,9-10H2,(H-,16,20)/p+2. The highest BCUT2D eigenvalue weighted by Gasteiger charge is 2.09. The van der Waals surface area contributed by atoms with Crippen LogP contribution in [0.25, 0.3) is 0 Å². The highest BCUT2D eigenvalue weighted by Crippen LogP contribution is 1.99. The van der Waals surface area contributed by atoms with E-state index in [-0.39, 0.29) is 19.0 Å². The largest absolute Gasteiger partial charge is 0.411 e. The van der Waals surface area contributed by atoms with Crippen LogP contribution in [0.2, 0.25) is 0 Å². The normalized spacial score (nSPS) is 11.0. The van der Waals surface area contributed by atoms with Crippen molar-refractivity contribution in [3.8, 4) is 0 Å². The van der Waals surface area contributed by atoms with Crippen LogP contribution in [-0.2, 0) is 18.2 Å². The lowest BCUT2D eigenvalue weighted by Crippen LogP contribution is -2.40. The number of oxime groups is 1. The number of nitrogens with two attached hydrogens (primary N) is 1. The molecule has 7 nitrogen and oxygen atoms in total. The van der Waals surface area contributed by atoms with Crippen LogP contribution >= 0.6 is 0 Å². The summed E-state index contributed by atoms with van der Waals surface area (Å²) in [4.78, 5) is 10.9. The molecule has 0 fully saturated rings. The number of pyridine rings is 2. The van der Waals surface area contributed by atoms with Gasteiger partial charge in [0.25, 0.3) is 13.5 Å². The van der Waals surface area contributed by atoms with E-state index < -0.39 is 11.7 Å². The van der Waals surface area contributed by atoms with Gasteiger partial charge in [-0.1, -0.05) is 5.16 Å². The van der Waals surface area contributed by atoms with Crippen LogP contribution in [0.5, 0.6) is 0 Å². The summed E-state index contributed by atoms with van der Waals surface area (Å²) in [5.74, 6) is -1.02. The van der Waals surface area contributed by atoms with Crippen LogP contribution in [0.15, 0.2) is 48.1 Å². The lowest BCUT2D eigenvalue weighted by molar-refractivity contribution is -0.789. The fourth-order valence-corrected chi connectivity index (χ4v) is 1.73. The maximum absolute atomic E-state index is 13.6. The van der Waals surface area contributed by atoms with Crippen molar-refractivity contribution in [1.82, 2.24) is 0 Å². The van der Waals surface area contributed by atoms with Gasteiger partial charge in [-0.25, -0.2) is 0 Å². The number of aromatic nitrogens is 2. The lowest BCUT2D eigenvalue weighted by Gasteiger charge is -2.00. The van der Waals surface area contributed by atoms with Crippen molar-refractivity contribution in [3.63, 3.8) is 0 Å². The molecule has 0 bridgehead atoms. The summed E-state index contributed by atoms with van der Waals surface area (Å²) in [6, 6.07) is 4.64. The molecule has 114 valence electrons. The van der Waals surface area contributed by atoms with Crippen molar-refractivity contribution in [1.29, 1.82) is 0 Å². The third kappa shape index (κ3) is 4.06. The monoisotopic (exact) mass is 306 g/mol. The predicted octanol–water partition coefficient (Wildman–Crippen LogP) is -0.0605. The van der Waals surface area contributed by atoms with Crippen LogP contribution < -0.4 is 14.9 Å². The van der Waals surface area contributed by atoms with Crippen molar-refractivity contribution < 1.29 is 28.3 Å². The fourth-order valence-electron chi connectivity index (χ4n) is 1.73. The molecule has 0 aliphatic heterocycles. The Bertz CT molecular complexity index is 689. The predicted molar refractivity (Wildman–Crippen MR) is 72.2 cm³/mol. The first-order valence-corrected chi connectivity index (χ1v) is 6.33. The first-order chi connectivity index (χ1) is 10.6.